The molecule has 0 aliphatic carbocycles. The summed E-state index contributed by atoms with van der Waals surface area (Å²) in [6.07, 6.45) is 5.76. The summed E-state index contributed by atoms with van der Waals surface area (Å²) in [6.45, 7) is 3.96. The predicted octanol–water partition coefficient (Wildman–Crippen LogP) is 2.55. The third kappa shape index (κ3) is 3.25. The van der Waals surface area contributed by atoms with Crippen molar-refractivity contribution in [1.82, 2.24) is 24.9 Å². The zero-order chi connectivity index (χ0) is 17.9. The molecular formula is C19H22N6O. The number of anilines is 1. The van der Waals surface area contributed by atoms with Gasteiger partial charge < -0.3 is 10.6 Å². The molecule has 1 unspecified atom stereocenters. The first-order chi connectivity index (χ1) is 12.7. The summed E-state index contributed by atoms with van der Waals surface area (Å²) in [5, 5.41) is 15.1. The number of aromatic nitrogens is 4. The normalized spacial score (nSPS) is 17.2. The molecule has 7 nitrogen and oxygen atoms in total. The van der Waals surface area contributed by atoms with Gasteiger partial charge in [0.15, 0.2) is 5.69 Å². The van der Waals surface area contributed by atoms with Crippen LogP contribution in [0.1, 0.15) is 34.9 Å². The van der Waals surface area contributed by atoms with Crippen LogP contribution >= 0.6 is 0 Å². The van der Waals surface area contributed by atoms with Gasteiger partial charge in [-0.05, 0) is 44.0 Å². The molecule has 4 rings (SSSR count). The van der Waals surface area contributed by atoms with Crippen molar-refractivity contribution in [2.45, 2.75) is 25.8 Å². The lowest BCUT2D eigenvalue weighted by molar-refractivity contribution is 0.102. The highest BCUT2D eigenvalue weighted by atomic mass is 16.2. The zero-order valence-corrected chi connectivity index (χ0v) is 14.7. The molecule has 0 spiro atoms. The van der Waals surface area contributed by atoms with E-state index in [0.717, 1.165) is 37.2 Å². The van der Waals surface area contributed by atoms with Crippen molar-refractivity contribution in [3.8, 4) is 5.69 Å². The number of amides is 1. The Balaban J connectivity index is 1.52. The number of carbonyl (C=O) groups excluding carboxylic acids is 1. The Morgan fingerprint density at radius 1 is 1.27 bits per heavy atom. The molecule has 1 fully saturated rings. The van der Waals surface area contributed by atoms with Crippen molar-refractivity contribution in [1.29, 1.82) is 0 Å². The summed E-state index contributed by atoms with van der Waals surface area (Å²) in [4.78, 5) is 12.6. The van der Waals surface area contributed by atoms with Gasteiger partial charge in [-0.3, -0.25) is 9.48 Å². The Morgan fingerprint density at radius 3 is 2.96 bits per heavy atom. The minimum Gasteiger partial charge on any atom is -0.315 e. The molecule has 134 valence electrons. The van der Waals surface area contributed by atoms with E-state index in [1.54, 1.807) is 23.0 Å². The summed E-state index contributed by atoms with van der Waals surface area (Å²) >= 11 is 0. The second-order valence-electron chi connectivity index (χ2n) is 6.55. The number of hydrogen-bond acceptors (Lipinski definition) is 4. The summed E-state index contributed by atoms with van der Waals surface area (Å²) in [5.74, 6) is 0.390. The minimum absolute atomic E-state index is 0.233. The monoisotopic (exact) mass is 350 g/mol. The molecule has 26 heavy (non-hydrogen) atoms. The van der Waals surface area contributed by atoms with Crippen LogP contribution in [-0.4, -0.2) is 38.6 Å². The highest BCUT2D eigenvalue weighted by Crippen LogP contribution is 2.19. The summed E-state index contributed by atoms with van der Waals surface area (Å²) in [6, 6.07) is 11.8. The minimum atomic E-state index is -0.233. The van der Waals surface area contributed by atoms with Crippen LogP contribution in [0.15, 0.2) is 48.8 Å². The molecule has 1 saturated heterocycles. The van der Waals surface area contributed by atoms with E-state index in [1.807, 2.05) is 42.1 Å². The van der Waals surface area contributed by atoms with E-state index in [1.165, 1.54) is 0 Å². The standard InChI is InChI=1S/C19H22N6O/c1-14-5-2-3-7-17(14)25-18(8-11-21-25)22-19(26)16-9-12-24(23-16)15-6-4-10-20-13-15/h2-3,5,7-9,11-12,15,20H,4,6,10,13H2,1H3,(H,22,26). The van der Waals surface area contributed by atoms with Gasteiger partial charge in [0, 0.05) is 18.8 Å². The van der Waals surface area contributed by atoms with E-state index in [-0.39, 0.29) is 5.91 Å². The van der Waals surface area contributed by atoms with E-state index < -0.39 is 0 Å². The summed E-state index contributed by atoms with van der Waals surface area (Å²) < 4.78 is 3.62. The fourth-order valence-corrected chi connectivity index (χ4v) is 3.29. The van der Waals surface area contributed by atoms with Gasteiger partial charge in [-0.15, -0.1) is 0 Å². The third-order valence-corrected chi connectivity index (χ3v) is 4.71. The molecule has 7 heteroatoms. The number of nitrogens with zero attached hydrogens (tertiary/aromatic N) is 4. The Labute approximate surface area is 152 Å². The lowest BCUT2D eigenvalue weighted by atomic mass is 10.1. The first kappa shape index (κ1) is 16.5. The number of piperidine rings is 1. The van der Waals surface area contributed by atoms with E-state index in [2.05, 4.69) is 20.8 Å². The summed E-state index contributed by atoms with van der Waals surface area (Å²) in [7, 11) is 0. The van der Waals surface area contributed by atoms with Gasteiger partial charge in [-0.2, -0.15) is 10.2 Å². The van der Waals surface area contributed by atoms with Gasteiger partial charge in [0.2, 0.25) is 0 Å². The number of nitrogens with one attached hydrogen (secondary N) is 2. The van der Waals surface area contributed by atoms with E-state index in [4.69, 9.17) is 0 Å². The molecule has 1 aromatic carbocycles. The lowest BCUT2D eigenvalue weighted by Gasteiger charge is -2.22. The topological polar surface area (TPSA) is 76.8 Å². The van der Waals surface area contributed by atoms with E-state index in [9.17, 15) is 4.79 Å². The molecule has 1 aliphatic rings. The van der Waals surface area contributed by atoms with Crippen LogP contribution in [0.5, 0.6) is 0 Å². The van der Waals surface area contributed by atoms with Gasteiger partial charge in [0.25, 0.3) is 5.91 Å². The van der Waals surface area contributed by atoms with Crippen molar-refractivity contribution < 1.29 is 4.79 Å². The maximum Gasteiger partial charge on any atom is 0.277 e. The fourth-order valence-electron chi connectivity index (χ4n) is 3.29. The maximum absolute atomic E-state index is 12.6. The first-order valence-corrected chi connectivity index (χ1v) is 8.89. The SMILES string of the molecule is Cc1ccccc1-n1nccc1NC(=O)c1ccn(C2CCCNC2)n1. The van der Waals surface area contributed by atoms with E-state index in [0.29, 0.717) is 17.6 Å². The molecule has 0 radical (unpaired) electrons. The van der Waals surface area contributed by atoms with Crippen LogP contribution in [0.2, 0.25) is 0 Å². The summed E-state index contributed by atoms with van der Waals surface area (Å²) in [5.41, 5.74) is 2.43. The van der Waals surface area contributed by atoms with Crippen LogP contribution in [0.25, 0.3) is 5.69 Å². The van der Waals surface area contributed by atoms with Crippen molar-refractivity contribution >= 4 is 11.7 Å². The molecule has 0 saturated carbocycles. The molecule has 1 amide bonds. The van der Waals surface area contributed by atoms with Gasteiger partial charge in [0.1, 0.15) is 5.82 Å². The highest BCUT2D eigenvalue weighted by Gasteiger charge is 2.18. The van der Waals surface area contributed by atoms with Crippen molar-refractivity contribution in [3.63, 3.8) is 0 Å². The van der Waals surface area contributed by atoms with Gasteiger partial charge in [-0.1, -0.05) is 18.2 Å². The Hall–Kier alpha value is -2.93. The highest BCUT2D eigenvalue weighted by molar-refractivity contribution is 6.02. The number of rotatable bonds is 4. The van der Waals surface area contributed by atoms with Crippen LogP contribution in [0.4, 0.5) is 5.82 Å². The second-order valence-corrected chi connectivity index (χ2v) is 6.55. The number of carbonyl (C=O) groups is 1. The molecule has 1 atom stereocenters. The Kier molecular flexibility index (Phi) is 4.53. The lowest BCUT2D eigenvalue weighted by Crippen LogP contribution is -2.32. The number of benzene rings is 1. The number of hydrogen-bond donors (Lipinski definition) is 2. The molecule has 3 aromatic rings. The Bertz CT molecular complexity index is 906. The number of para-hydroxylation sites is 1. The first-order valence-electron chi connectivity index (χ1n) is 8.89. The average Bonchev–Trinajstić information content (AvgIpc) is 3.33. The largest absolute Gasteiger partial charge is 0.315 e. The Morgan fingerprint density at radius 2 is 2.15 bits per heavy atom. The molecule has 0 bridgehead atoms. The van der Waals surface area contributed by atoms with Gasteiger partial charge in [-0.25, -0.2) is 4.68 Å². The van der Waals surface area contributed by atoms with Gasteiger partial charge >= 0.3 is 0 Å². The van der Waals surface area contributed by atoms with Crippen LogP contribution in [0, 0.1) is 6.92 Å². The zero-order valence-electron chi connectivity index (χ0n) is 14.7. The smallest absolute Gasteiger partial charge is 0.277 e. The molecule has 2 aromatic heterocycles. The molecular weight excluding hydrogens is 328 g/mol. The van der Waals surface area contributed by atoms with Crippen LogP contribution < -0.4 is 10.6 Å². The quantitative estimate of drug-likeness (QED) is 0.758. The van der Waals surface area contributed by atoms with Crippen molar-refractivity contribution in [2.24, 2.45) is 0 Å². The molecule has 1 aliphatic heterocycles. The third-order valence-electron chi connectivity index (χ3n) is 4.71. The fraction of sp³-hybridized carbons (Fsp3) is 0.316. The van der Waals surface area contributed by atoms with Gasteiger partial charge in [0.05, 0.1) is 17.9 Å². The molecule has 2 N–H and O–H groups in total. The van der Waals surface area contributed by atoms with Crippen molar-refractivity contribution in [2.75, 3.05) is 18.4 Å². The average molecular weight is 350 g/mol. The second kappa shape index (κ2) is 7.13. The maximum atomic E-state index is 12.6. The van der Waals surface area contributed by atoms with Crippen LogP contribution in [0.3, 0.4) is 0 Å². The number of aryl methyl sites for hydroxylation is 1. The van der Waals surface area contributed by atoms with E-state index >= 15 is 0 Å². The van der Waals surface area contributed by atoms with Crippen molar-refractivity contribution in [3.05, 3.63) is 60.0 Å². The van der Waals surface area contributed by atoms with Crippen LogP contribution in [-0.2, 0) is 0 Å². The molecule has 3 heterocycles. The predicted molar refractivity (Wildman–Crippen MR) is 99.6 cm³/mol.